The van der Waals surface area contributed by atoms with Crippen LogP contribution in [0.3, 0.4) is 0 Å². The summed E-state index contributed by atoms with van der Waals surface area (Å²) in [4.78, 5) is 28.4. The first kappa shape index (κ1) is 21.9. The van der Waals surface area contributed by atoms with Crippen LogP contribution in [0, 0.1) is 0 Å². The van der Waals surface area contributed by atoms with Crippen molar-refractivity contribution < 1.29 is 9.59 Å². The number of rotatable bonds is 5. The van der Waals surface area contributed by atoms with Gasteiger partial charge in [0, 0.05) is 48.7 Å². The monoisotopic (exact) mass is 452 g/mol. The van der Waals surface area contributed by atoms with Gasteiger partial charge in [-0.15, -0.1) is 0 Å². The lowest BCUT2D eigenvalue weighted by Crippen LogP contribution is -2.27. The Labute approximate surface area is 199 Å². The van der Waals surface area contributed by atoms with Crippen LogP contribution in [-0.4, -0.2) is 37.0 Å². The summed E-state index contributed by atoms with van der Waals surface area (Å²) in [7, 11) is 3.96. The molecule has 0 saturated carbocycles. The van der Waals surface area contributed by atoms with Crippen molar-refractivity contribution in [3.8, 4) is 0 Å². The van der Waals surface area contributed by atoms with Crippen LogP contribution in [0.2, 0.25) is 0 Å². The van der Waals surface area contributed by atoms with Gasteiger partial charge in [0.15, 0.2) is 0 Å². The third-order valence-corrected chi connectivity index (χ3v) is 6.38. The molecule has 0 atom stereocenters. The smallest absolute Gasteiger partial charge is 0.255 e. The van der Waals surface area contributed by atoms with Crippen molar-refractivity contribution in [3.05, 3.63) is 95.2 Å². The van der Waals surface area contributed by atoms with Gasteiger partial charge in [0.2, 0.25) is 5.91 Å². The van der Waals surface area contributed by atoms with Gasteiger partial charge in [0.05, 0.1) is 11.9 Å². The van der Waals surface area contributed by atoms with Crippen LogP contribution in [0.1, 0.15) is 32.0 Å². The molecule has 1 aromatic heterocycles. The van der Waals surface area contributed by atoms with Crippen LogP contribution >= 0.6 is 0 Å². The van der Waals surface area contributed by atoms with E-state index in [0.29, 0.717) is 18.5 Å². The topological polar surface area (TPSA) is 66.4 Å². The van der Waals surface area contributed by atoms with Gasteiger partial charge in [0.1, 0.15) is 0 Å². The Bertz CT molecular complexity index is 1350. The summed E-state index contributed by atoms with van der Waals surface area (Å²) >= 11 is 0. The highest BCUT2D eigenvalue weighted by Gasteiger charge is 2.24. The van der Waals surface area contributed by atoms with Gasteiger partial charge in [-0.1, -0.05) is 30.3 Å². The summed E-state index contributed by atoms with van der Waals surface area (Å²) in [5, 5.41) is 7.36. The van der Waals surface area contributed by atoms with Crippen LogP contribution in [0.5, 0.6) is 0 Å². The second-order valence-corrected chi connectivity index (χ2v) is 8.87. The summed E-state index contributed by atoms with van der Waals surface area (Å²) in [5.41, 5.74) is 6.40. The van der Waals surface area contributed by atoms with E-state index in [0.717, 1.165) is 52.1 Å². The van der Waals surface area contributed by atoms with Gasteiger partial charge < -0.3 is 15.5 Å². The van der Waals surface area contributed by atoms with Crippen LogP contribution in [-0.2, 0) is 19.4 Å². The molecule has 5 rings (SSSR count). The standard InChI is InChI=1S/C28H28N4O2/c1-31(2)22-11-9-21(10-12-22)30-28(34)20-8-13-25-24(17-20)23-14-15-29-18-26(23)32(25)27(33)16-19-6-4-3-5-7-19/h3-13,17,29H,14-16,18H2,1-2H3,(H,30,34). The zero-order chi connectivity index (χ0) is 23.7. The van der Waals surface area contributed by atoms with Crippen LogP contribution in [0.4, 0.5) is 11.4 Å². The maximum Gasteiger partial charge on any atom is 0.255 e. The van der Waals surface area contributed by atoms with Crippen molar-refractivity contribution in [1.29, 1.82) is 0 Å². The zero-order valence-corrected chi connectivity index (χ0v) is 19.5. The Hall–Kier alpha value is -3.90. The fraction of sp³-hybridized carbons (Fsp3) is 0.214. The largest absolute Gasteiger partial charge is 0.378 e. The fourth-order valence-corrected chi connectivity index (χ4v) is 4.62. The highest BCUT2D eigenvalue weighted by atomic mass is 16.2. The number of hydrogen-bond donors (Lipinski definition) is 2. The van der Waals surface area contributed by atoms with E-state index in [1.165, 1.54) is 0 Å². The molecule has 34 heavy (non-hydrogen) atoms. The quantitative estimate of drug-likeness (QED) is 0.468. The molecule has 0 aliphatic carbocycles. The van der Waals surface area contributed by atoms with Crippen LogP contribution < -0.4 is 15.5 Å². The molecule has 0 bridgehead atoms. The Morgan fingerprint density at radius 2 is 1.76 bits per heavy atom. The molecule has 2 N–H and O–H groups in total. The summed E-state index contributed by atoms with van der Waals surface area (Å²) < 4.78 is 1.84. The van der Waals surface area contributed by atoms with Crippen molar-refractivity contribution in [1.82, 2.24) is 9.88 Å². The number of fused-ring (bicyclic) bond motifs is 3. The number of benzene rings is 3. The van der Waals surface area contributed by atoms with Gasteiger partial charge in [0.25, 0.3) is 5.91 Å². The lowest BCUT2D eigenvalue weighted by molar-refractivity contribution is 0.0915. The summed E-state index contributed by atoms with van der Waals surface area (Å²) in [6.45, 7) is 1.50. The normalized spacial score (nSPS) is 12.9. The number of hydrogen-bond acceptors (Lipinski definition) is 4. The summed E-state index contributed by atoms with van der Waals surface area (Å²) in [6.07, 6.45) is 1.16. The second-order valence-electron chi connectivity index (χ2n) is 8.87. The Kier molecular flexibility index (Phi) is 5.90. The molecule has 1 aliphatic heterocycles. The van der Waals surface area contributed by atoms with Crippen molar-refractivity contribution in [3.63, 3.8) is 0 Å². The maximum absolute atomic E-state index is 13.3. The van der Waals surface area contributed by atoms with Crippen molar-refractivity contribution >= 4 is 34.1 Å². The molecule has 172 valence electrons. The molecule has 0 spiro atoms. The van der Waals surface area contributed by atoms with Gasteiger partial charge in [-0.3, -0.25) is 14.2 Å². The highest BCUT2D eigenvalue weighted by molar-refractivity contribution is 6.07. The number of amides is 1. The lowest BCUT2D eigenvalue weighted by Gasteiger charge is -2.16. The molecule has 1 amide bonds. The number of aromatic nitrogens is 1. The van der Waals surface area contributed by atoms with E-state index in [1.807, 2.05) is 90.3 Å². The molecule has 6 heteroatoms. The van der Waals surface area contributed by atoms with E-state index in [-0.39, 0.29) is 11.8 Å². The van der Waals surface area contributed by atoms with Gasteiger partial charge >= 0.3 is 0 Å². The second kappa shape index (κ2) is 9.15. The molecule has 0 radical (unpaired) electrons. The molecule has 4 aromatic rings. The Morgan fingerprint density at radius 3 is 2.50 bits per heavy atom. The number of carbonyl (C=O) groups is 2. The third-order valence-electron chi connectivity index (χ3n) is 6.38. The van der Waals surface area contributed by atoms with Crippen molar-refractivity contribution in [2.75, 3.05) is 30.9 Å². The molecule has 2 heterocycles. The predicted octanol–water partition coefficient (Wildman–Crippen LogP) is 4.49. The molecule has 0 saturated heterocycles. The average molecular weight is 453 g/mol. The Morgan fingerprint density at radius 1 is 1.00 bits per heavy atom. The third kappa shape index (κ3) is 4.20. The maximum atomic E-state index is 13.3. The first-order valence-electron chi connectivity index (χ1n) is 11.5. The van der Waals surface area contributed by atoms with E-state index in [9.17, 15) is 9.59 Å². The molecule has 0 unspecified atom stereocenters. The van der Waals surface area contributed by atoms with E-state index in [4.69, 9.17) is 0 Å². The molecular weight excluding hydrogens is 424 g/mol. The average Bonchev–Trinajstić information content (AvgIpc) is 3.19. The Balaban J connectivity index is 1.47. The lowest BCUT2D eigenvalue weighted by atomic mass is 10.0. The van der Waals surface area contributed by atoms with E-state index < -0.39 is 0 Å². The molecule has 3 aromatic carbocycles. The van der Waals surface area contributed by atoms with E-state index in [1.54, 1.807) is 6.07 Å². The fourth-order valence-electron chi connectivity index (χ4n) is 4.62. The van der Waals surface area contributed by atoms with Gasteiger partial charge in [-0.25, -0.2) is 0 Å². The molecule has 0 fully saturated rings. The number of carbonyl (C=O) groups excluding carboxylic acids is 2. The number of nitrogens with one attached hydrogen (secondary N) is 2. The van der Waals surface area contributed by atoms with Gasteiger partial charge in [-0.2, -0.15) is 0 Å². The molecular formula is C28H28N4O2. The van der Waals surface area contributed by atoms with E-state index >= 15 is 0 Å². The van der Waals surface area contributed by atoms with E-state index in [2.05, 4.69) is 10.6 Å². The molecule has 1 aliphatic rings. The minimum atomic E-state index is -0.162. The number of anilines is 2. The van der Waals surface area contributed by atoms with Crippen LogP contribution in [0.25, 0.3) is 10.9 Å². The summed E-state index contributed by atoms with van der Waals surface area (Å²) in [6, 6.07) is 23.2. The summed E-state index contributed by atoms with van der Waals surface area (Å²) in [5.74, 6) is -0.120. The predicted molar refractivity (Wildman–Crippen MR) is 137 cm³/mol. The highest BCUT2D eigenvalue weighted by Crippen LogP contribution is 2.30. The minimum Gasteiger partial charge on any atom is -0.378 e. The first-order valence-corrected chi connectivity index (χ1v) is 11.5. The van der Waals surface area contributed by atoms with Gasteiger partial charge in [-0.05, 0) is 66.6 Å². The van der Waals surface area contributed by atoms with Crippen LogP contribution in [0.15, 0.2) is 72.8 Å². The van der Waals surface area contributed by atoms with Crippen molar-refractivity contribution in [2.45, 2.75) is 19.4 Å². The first-order chi connectivity index (χ1) is 16.5. The minimum absolute atomic E-state index is 0.0410. The molecule has 6 nitrogen and oxygen atoms in total. The SMILES string of the molecule is CN(C)c1ccc(NC(=O)c2ccc3c(c2)c2c(n3C(=O)Cc3ccccc3)CNCC2)cc1. The van der Waals surface area contributed by atoms with Crippen molar-refractivity contribution in [2.24, 2.45) is 0 Å². The zero-order valence-electron chi connectivity index (χ0n) is 19.5. The number of nitrogens with zero attached hydrogens (tertiary/aromatic N) is 2.